The number of rotatable bonds is 6. The van der Waals surface area contributed by atoms with Crippen molar-refractivity contribution in [3.8, 4) is 21.8 Å². The molecule has 0 amide bonds. The second kappa shape index (κ2) is 7.74. The molecular formula is C20H16N2O2S3. The van der Waals surface area contributed by atoms with Crippen LogP contribution in [0.4, 0.5) is 0 Å². The van der Waals surface area contributed by atoms with Crippen LogP contribution < -0.4 is 4.72 Å². The fourth-order valence-corrected chi connectivity index (χ4v) is 5.47. The summed E-state index contributed by atoms with van der Waals surface area (Å²) in [7, 11) is -3.45. The number of benzene rings is 2. The lowest BCUT2D eigenvalue weighted by Crippen LogP contribution is -2.22. The number of thiophene rings is 1. The molecule has 0 unspecified atom stereocenters. The SMILES string of the molecule is O=S(=O)(NCc1ccc(-c2nc(-c3ccccc3)cs2)cc1)c1cccs1. The summed E-state index contributed by atoms with van der Waals surface area (Å²) in [6, 6.07) is 21.2. The van der Waals surface area contributed by atoms with Gasteiger partial charge in [-0.3, -0.25) is 0 Å². The van der Waals surface area contributed by atoms with Crippen molar-refractivity contribution < 1.29 is 8.42 Å². The Labute approximate surface area is 166 Å². The van der Waals surface area contributed by atoms with Gasteiger partial charge < -0.3 is 0 Å². The normalized spacial score (nSPS) is 11.6. The average molecular weight is 413 g/mol. The van der Waals surface area contributed by atoms with Crippen molar-refractivity contribution >= 4 is 32.7 Å². The van der Waals surface area contributed by atoms with E-state index in [4.69, 9.17) is 4.98 Å². The molecule has 0 saturated heterocycles. The molecule has 4 aromatic rings. The van der Waals surface area contributed by atoms with Crippen molar-refractivity contribution in [2.45, 2.75) is 10.8 Å². The average Bonchev–Trinajstić information content (AvgIpc) is 3.40. The summed E-state index contributed by atoms with van der Waals surface area (Å²) in [6.45, 7) is 0.258. The highest BCUT2D eigenvalue weighted by Gasteiger charge is 2.14. The zero-order chi connectivity index (χ0) is 18.7. The summed E-state index contributed by atoms with van der Waals surface area (Å²) in [5.74, 6) is 0. The quantitative estimate of drug-likeness (QED) is 0.484. The lowest BCUT2D eigenvalue weighted by atomic mass is 10.1. The molecule has 0 atom stereocenters. The first kappa shape index (κ1) is 18.1. The zero-order valence-corrected chi connectivity index (χ0v) is 16.7. The molecular weight excluding hydrogens is 396 g/mol. The van der Waals surface area contributed by atoms with E-state index in [-0.39, 0.29) is 6.54 Å². The molecule has 2 aromatic carbocycles. The Bertz CT molecular complexity index is 1120. The fourth-order valence-electron chi connectivity index (χ4n) is 2.58. The third-order valence-electron chi connectivity index (χ3n) is 4.00. The van der Waals surface area contributed by atoms with Gasteiger partial charge in [-0.05, 0) is 17.0 Å². The molecule has 0 bridgehead atoms. The standard InChI is InChI=1S/C20H16N2O2S3/c23-27(24,19-7-4-12-25-19)21-13-15-8-10-17(11-9-15)20-22-18(14-26-20)16-5-2-1-3-6-16/h1-12,14,21H,13H2. The van der Waals surface area contributed by atoms with Gasteiger partial charge in [0, 0.05) is 23.1 Å². The summed E-state index contributed by atoms with van der Waals surface area (Å²) in [5.41, 5.74) is 3.98. The smallest absolute Gasteiger partial charge is 0.236 e. The van der Waals surface area contributed by atoms with Gasteiger partial charge in [-0.1, -0.05) is 60.7 Å². The molecule has 136 valence electrons. The van der Waals surface area contributed by atoms with Gasteiger partial charge in [0.1, 0.15) is 9.22 Å². The van der Waals surface area contributed by atoms with Crippen molar-refractivity contribution in [2.75, 3.05) is 0 Å². The third-order valence-corrected chi connectivity index (χ3v) is 7.69. The lowest BCUT2D eigenvalue weighted by Gasteiger charge is -2.05. The van der Waals surface area contributed by atoms with Crippen molar-refractivity contribution in [3.05, 3.63) is 83.1 Å². The second-order valence-corrected chi connectivity index (χ2v) is 9.66. The number of sulfonamides is 1. The van der Waals surface area contributed by atoms with Gasteiger partial charge in [0.2, 0.25) is 10.0 Å². The van der Waals surface area contributed by atoms with E-state index < -0.39 is 10.0 Å². The Morgan fingerprint density at radius 1 is 0.852 bits per heavy atom. The van der Waals surface area contributed by atoms with Crippen LogP contribution in [0.5, 0.6) is 0 Å². The van der Waals surface area contributed by atoms with E-state index in [1.165, 1.54) is 11.3 Å². The van der Waals surface area contributed by atoms with Crippen molar-refractivity contribution in [3.63, 3.8) is 0 Å². The number of nitrogens with zero attached hydrogens (tertiary/aromatic N) is 1. The predicted octanol–water partition coefficient (Wildman–Crippen LogP) is 5.02. The van der Waals surface area contributed by atoms with E-state index in [0.29, 0.717) is 4.21 Å². The Hall–Kier alpha value is -2.32. The van der Waals surface area contributed by atoms with Gasteiger partial charge in [-0.25, -0.2) is 18.1 Å². The van der Waals surface area contributed by atoms with E-state index in [0.717, 1.165) is 27.4 Å². The molecule has 7 heteroatoms. The summed E-state index contributed by atoms with van der Waals surface area (Å²) < 4.78 is 27.3. The highest BCUT2D eigenvalue weighted by molar-refractivity contribution is 7.91. The van der Waals surface area contributed by atoms with Crippen LogP contribution in [0.25, 0.3) is 21.8 Å². The first-order valence-corrected chi connectivity index (χ1v) is 11.5. The summed E-state index contributed by atoms with van der Waals surface area (Å²) >= 11 is 2.81. The maximum absolute atomic E-state index is 12.2. The molecule has 4 rings (SSSR count). The van der Waals surface area contributed by atoms with E-state index in [9.17, 15) is 8.42 Å². The number of aromatic nitrogens is 1. The topological polar surface area (TPSA) is 59.1 Å². The van der Waals surface area contributed by atoms with Crippen LogP contribution in [0, 0.1) is 0 Å². The summed E-state index contributed by atoms with van der Waals surface area (Å²) in [5, 5.41) is 4.74. The van der Waals surface area contributed by atoms with Gasteiger partial charge in [-0.2, -0.15) is 0 Å². The molecule has 27 heavy (non-hydrogen) atoms. The Kier molecular flexibility index (Phi) is 5.18. The van der Waals surface area contributed by atoms with Crippen LogP contribution in [-0.2, 0) is 16.6 Å². The minimum absolute atomic E-state index is 0.258. The van der Waals surface area contributed by atoms with E-state index in [1.807, 2.05) is 60.0 Å². The molecule has 0 aliphatic carbocycles. The van der Waals surface area contributed by atoms with Gasteiger partial charge in [0.05, 0.1) is 5.69 Å². The van der Waals surface area contributed by atoms with E-state index in [2.05, 4.69) is 4.72 Å². The Balaban J connectivity index is 1.46. The number of nitrogens with one attached hydrogen (secondary N) is 1. The van der Waals surface area contributed by atoms with Crippen LogP contribution >= 0.6 is 22.7 Å². The fraction of sp³-hybridized carbons (Fsp3) is 0.0500. The minimum atomic E-state index is -3.45. The van der Waals surface area contributed by atoms with Gasteiger partial charge in [0.25, 0.3) is 0 Å². The van der Waals surface area contributed by atoms with E-state index >= 15 is 0 Å². The van der Waals surface area contributed by atoms with Crippen LogP contribution in [-0.4, -0.2) is 13.4 Å². The maximum atomic E-state index is 12.2. The molecule has 0 aliphatic heterocycles. The Morgan fingerprint density at radius 2 is 1.63 bits per heavy atom. The highest BCUT2D eigenvalue weighted by Crippen LogP contribution is 2.29. The molecule has 0 aliphatic rings. The monoisotopic (exact) mass is 412 g/mol. The van der Waals surface area contributed by atoms with E-state index in [1.54, 1.807) is 28.8 Å². The molecule has 2 heterocycles. The maximum Gasteiger partial charge on any atom is 0.250 e. The summed E-state index contributed by atoms with van der Waals surface area (Å²) in [4.78, 5) is 4.71. The minimum Gasteiger partial charge on any atom is -0.236 e. The van der Waals surface area contributed by atoms with Gasteiger partial charge in [0.15, 0.2) is 0 Å². The first-order chi connectivity index (χ1) is 13.1. The summed E-state index contributed by atoms with van der Waals surface area (Å²) in [6.07, 6.45) is 0. The highest BCUT2D eigenvalue weighted by atomic mass is 32.2. The molecule has 2 aromatic heterocycles. The number of thiazole rings is 1. The second-order valence-electron chi connectivity index (χ2n) is 5.86. The van der Waals surface area contributed by atoms with Crippen LogP contribution in [0.1, 0.15) is 5.56 Å². The molecule has 0 spiro atoms. The van der Waals surface area contributed by atoms with Crippen molar-refractivity contribution in [2.24, 2.45) is 0 Å². The molecule has 0 radical (unpaired) electrons. The largest absolute Gasteiger partial charge is 0.250 e. The van der Waals surface area contributed by atoms with Crippen LogP contribution in [0.3, 0.4) is 0 Å². The number of hydrogen-bond acceptors (Lipinski definition) is 5. The number of hydrogen-bond donors (Lipinski definition) is 1. The van der Waals surface area contributed by atoms with Crippen LogP contribution in [0.2, 0.25) is 0 Å². The van der Waals surface area contributed by atoms with Crippen molar-refractivity contribution in [1.29, 1.82) is 0 Å². The Morgan fingerprint density at radius 3 is 2.33 bits per heavy atom. The molecule has 4 nitrogen and oxygen atoms in total. The zero-order valence-electron chi connectivity index (χ0n) is 14.2. The first-order valence-electron chi connectivity index (χ1n) is 8.25. The van der Waals surface area contributed by atoms with Crippen molar-refractivity contribution in [1.82, 2.24) is 9.71 Å². The molecule has 1 N–H and O–H groups in total. The predicted molar refractivity (Wildman–Crippen MR) is 111 cm³/mol. The lowest BCUT2D eigenvalue weighted by molar-refractivity contribution is 0.583. The molecule has 0 fully saturated rings. The van der Waals surface area contributed by atoms with Crippen LogP contribution in [0.15, 0.2) is 81.7 Å². The molecule has 0 saturated carbocycles. The van der Waals surface area contributed by atoms with Gasteiger partial charge in [-0.15, -0.1) is 22.7 Å². The third kappa shape index (κ3) is 4.17. The van der Waals surface area contributed by atoms with Gasteiger partial charge >= 0.3 is 0 Å².